The number of anilines is 1. The predicted molar refractivity (Wildman–Crippen MR) is 142 cm³/mol. The third-order valence-corrected chi connectivity index (χ3v) is 7.46. The smallest absolute Gasteiger partial charge is 0.242 e. The summed E-state index contributed by atoms with van der Waals surface area (Å²) >= 11 is 12.2. The van der Waals surface area contributed by atoms with E-state index in [9.17, 15) is 22.4 Å². The summed E-state index contributed by atoms with van der Waals surface area (Å²) in [5.41, 5.74) is 0.620. The molecule has 2 amide bonds. The van der Waals surface area contributed by atoms with Crippen LogP contribution in [0.3, 0.4) is 0 Å². The monoisotopic (exact) mass is 559 g/mol. The van der Waals surface area contributed by atoms with Gasteiger partial charge in [0.15, 0.2) is 0 Å². The van der Waals surface area contributed by atoms with E-state index in [1.807, 2.05) is 13.8 Å². The van der Waals surface area contributed by atoms with Crippen LogP contribution in [0.2, 0.25) is 10.0 Å². The van der Waals surface area contributed by atoms with Gasteiger partial charge in [0.2, 0.25) is 21.8 Å². The van der Waals surface area contributed by atoms with Gasteiger partial charge in [-0.1, -0.05) is 55.2 Å². The fraction of sp³-hybridized carbons (Fsp3) is 0.440. The summed E-state index contributed by atoms with van der Waals surface area (Å²) in [7, 11) is -3.78. The molecule has 0 saturated heterocycles. The molecule has 0 heterocycles. The lowest BCUT2D eigenvalue weighted by Crippen LogP contribution is -2.49. The van der Waals surface area contributed by atoms with Gasteiger partial charge >= 0.3 is 0 Å². The van der Waals surface area contributed by atoms with Gasteiger partial charge in [0, 0.05) is 26.1 Å². The van der Waals surface area contributed by atoms with E-state index < -0.39 is 21.9 Å². The Labute approximate surface area is 222 Å². The quantitative estimate of drug-likeness (QED) is 0.373. The maximum Gasteiger partial charge on any atom is 0.242 e. The normalized spacial score (nSPS) is 12.2. The highest BCUT2D eigenvalue weighted by Gasteiger charge is 2.29. The number of nitrogens with zero attached hydrogens (tertiary/aromatic N) is 2. The highest BCUT2D eigenvalue weighted by atomic mass is 35.5. The number of benzene rings is 2. The molecule has 7 nitrogen and oxygen atoms in total. The van der Waals surface area contributed by atoms with Crippen molar-refractivity contribution in [2.45, 2.75) is 52.1 Å². The minimum Gasteiger partial charge on any atom is -0.354 e. The molecule has 0 aliphatic carbocycles. The van der Waals surface area contributed by atoms with Crippen LogP contribution in [0.4, 0.5) is 10.1 Å². The second-order valence-electron chi connectivity index (χ2n) is 8.38. The number of carbonyl (C=O) groups excluding carboxylic acids is 2. The molecule has 36 heavy (non-hydrogen) atoms. The Hall–Kier alpha value is -2.36. The summed E-state index contributed by atoms with van der Waals surface area (Å²) in [4.78, 5) is 27.7. The Morgan fingerprint density at radius 3 is 2.36 bits per heavy atom. The van der Waals surface area contributed by atoms with Crippen LogP contribution in [-0.2, 0) is 26.2 Å². The van der Waals surface area contributed by atoms with Crippen LogP contribution in [0.25, 0.3) is 0 Å². The highest BCUT2D eigenvalue weighted by molar-refractivity contribution is 7.92. The predicted octanol–water partition coefficient (Wildman–Crippen LogP) is 5.01. The lowest BCUT2D eigenvalue weighted by molar-refractivity contribution is -0.141. The molecular formula is C25H32Cl2FN3O4S. The molecule has 0 bridgehead atoms. The van der Waals surface area contributed by atoms with Gasteiger partial charge in [-0.3, -0.25) is 13.9 Å². The molecule has 2 aromatic carbocycles. The molecule has 0 saturated carbocycles. The van der Waals surface area contributed by atoms with Gasteiger partial charge in [-0.15, -0.1) is 0 Å². The fourth-order valence-electron chi connectivity index (χ4n) is 3.76. The minimum atomic E-state index is -3.78. The molecule has 2 rings (SSSR count). The Bertz CT molecular complexity index is 1160. The van der Waals surface area contributed by atoms with Crippen molar-refractivity contribution in [3.05, 3.63) is 63.9 Å². The first kappa shape index (κ1) is 29.9. The van der Waals surface area contributed by atoms with E-state index in [1.165, 1.54) is 23.1 Å². The molecule has 0 aliphatic rings. The molecule has 0 unspecified atom stereocenters. The molecule has 0 fully saturated rings. The first-order valence-corrected chi connectivity index (χ1v) is 14.3. The lowest BCUT2D eigenvalue weighted by Gasteiger charge is -2.31. The minimum absolute atomic E-state index is 0.0423. The van der Waals surface area contributed by atoms with E-state index in [0.717, 1.165) is 17.0 Å². The van der Waals surface area contributed by atoms with Crippen LogP contribution in [-0.4, -0.2) is 50.5 Å². The number of nitrogens with one attached hydrogen (secondary N) is 1. The Kier molecular flexibility index (Phi) is 11.5. The molecule has 1 N–H and O–H groups in total. The Morgan fingerprint density at radius 1 is 1.08 bits per heavy atom. The molecule has 0 radical (unpaired) electrons. The van der Waals surface area contributed by atoms with Gasteiger partial charge in [0.1, 0.15) is 11.9 Å². The number of carbonyl (C=O) groups is 2. The third-order valence-electron chi connectivity index (χ3n) is 5.55. The standard InChI is InChI=1S/C25H32Cl2FN3O4S/c1-4-14-29-25(33)22(5-2)30(17-18-12-13-19(26)20(27)16-18)24(32)11-8-15-31(36(3,34)35)23-10-7-6-9-21(23)28/h6-7,9-10,12-13,16,22H,4-5,8,11,14-15,17H2,1-3H3,(H,29,33)/t22-/m0/s1. The van der Waals surface area contributed by atoms with E-state index >= 15 is 0 Å². The van der Waals surface area contributed by atoms with E-state index in [-0.39, 0.29) is 43.4 Å². The van der Waals surface area contributed by atoms with Crippen LogP contribution >= 0.6 is 23.2 Å². The first-order valence-electron chi connectivity index (χ1n) is 11.7. The van der Waals surface area contributed by atoms with Gasteiger partial charge in [0.25, 0.3) is 0 Å². The van der Waals surface area contributed by atoms with E-state index in [4.69, 9.17) is 23.2 Å². The van der Waals surface area contributed by atoms with Crippen LogP contribution in [0.15, 0.2) is 42.5 Å². The highest BCUT2D eigenvalue weighted by Crippen LogP contribution is 2.25. The topological polar surface area (TPSA) is 86.8 Å². The van der Waals surface area contributed by atoms with Gasteiger partial charge in [-0.2, -0.15) is 0 Å². The van der Waals surface area contributed by atoms with Crippen LogP contribution < -0.4 is 9.62 Å². The molecular weight excluding hydrogens is 528 g/mol. The number of sulfonamides is 1. The Balaban J connectivity index is 2.24. The number of amides is 2. The summed E-state index contributed by atoms with van der Waals surface area (Å²) in [6.07, 6.45) is 2.21. The average molecular weight is 561 g/mol. The zero-order valence-corrected chi connectivity index (χ0v) is 23.0. The summed E-state index contributed by atoms with van der Waals surface area (Å²) in [5, 5.41) is 3.54. The molecule has 0 aliphatic heterocycles. The summed E-state index contributed by atoms with van der Waals surface area (Å²) in [6.45, 7) is 4.26. The van der Waals surface area contributed by atoms with E-state index in [1.54, 1.807) is 24.3 Å². The Morgan fingerprint density at radius 2 is 1.78 bits per heavy atom. The zero-order chi connectivity index (χ0) is 26.9. The summed E-state index contributed by atoms with van der Waals surface area (Å²) in [6, 6.07) is 9.84. The number of hydrogen-bond donors (Lipinski definition) is 1. The molecule has 0 aromatic heterocycles. The maximum atomic E-state index is 14.3. The SMILES string of the molecule is CCCNC(=O)[C@H](CC)N(Cc1ccc(Cl)c(Cl)c1)C(=O)CCCN(c1ccccc1F)S(C)(=O)=O. The fourth-order valence-corrected chi connectivity index (χ4v) is 5.04. The summed E-state index contributed by atoms with van der Waals surface area (Å²) < 4.78 is 39.9. The van der Waals surface area contributed by atoms with Crippen molar-refractivity contribution < 1.29 is 22.4 Å². The molecule has 11 heteroatoms. The lowest BCUT2D eigenvalue weighted by atomic mass is 10.1. The van der Waals surface area contributed by atoms with E-state index in [0.29, 0.717) is 28.6 Å². The van der Waals surface area contributed by atoms with Crippen LogP contribution in [0.1, 0.15) is 45.1 Å². The average Bonchev–Trinajstić information content (AvgIpc) is 2.82. The van der Waals surface area contributed by atoms with E-state index in [2.05, 4.69) is 5.32 Å². The van der Waals surface area contributed by atoms with Gasteiger partial charge in [0.05, 0.1) is 22.0 Å². The molecule has 0 spiro atoms. The molecule has 2 aromatic rings. The van der Waals surface area contributed by atoms with Crippen molar-refractivity contribution in [3.63, 3.8) is 0 Å². The van der Waals surface area contributed by atoms with Crippen LogP contribution in [0.5, 0.6) is 0 Å². The van der Waals surface area contributed by atoms with Crippen LogP contribution in [0, 0.1) is 5.82 Å². The molecule has 1 atom stereocenters. The number of para-hydroxylation sites is 1. The second kappa shape index (κ2) is 13.8. The van der Waals surface area contributed by atoms with Crippen molar-refractivity contribution in [1.82, 2.24) is 10.2 Å². The largest absolute Gasteiger partial charge is 0.354 e. The zero-order valence-electron chi connectivity index (χ0n) is 20.6. The van der Waals surface area contributed by atoms with Gasteiger partial charge < -0.3 is 10.2 Å². The first-order chi connectivity index (χ1) is 17.0. The van der Waals surface area contributed by atoms with Gasteiger partial charge in [-0.25, -0.2) is 12.8 Å². The number of halogens is 3. The van der Waals surface area contributed by atoms with Crippen molar-refractivity contribution >= 4 is 50.7 Å². The summed E-state index contributed by atoms with van der Waals surface area (Å²) in [5.74, 6) is -1.27. The molecule has 198 valence electrons. The van der Waals surface area contributed by atoms with Crippen molar-refractivity contribution in [1.29, 1.82) is 0 Å². The number of rotatable bonds is 13. The van der Waals surface area contributed by atoms with Crippen molar-refractivity contribution in [2.75, 3.05) is 23.7 Å². The number of hydrogen-bond acceptors (Lipinski definition) is 4. The third kappa shape index (κ3) is 8.35. The maximum absolute atomic E-state index is 14.3. The second-order valence-corrected chi connectivity index (χ2v) is 11.1. The van der Waals surface area contributed by atoms with Crippen molar-refractivity contribution in [3.8, 4) is 0 Å². The van der Waals surface area contributed by atoms with Crippen molar-refractivity contribution in [2.24, 2.45) is 0 Å². The van der Waals surface area contributed by atoms with Gasteiger partial charge in [-0.05, 0) is 49.1 Å².